The van der Waals surface area contributed by atoms with Gasteiger partial charge in [-0.2, -0.15) is 0 Å². The molecule has 0 amide bonds. The van der Waals surface area contributed by atoms with Crippen LogP contribution in [0.1, 0.15) is 38.8 Å². The molecule has 0 spiro atoms. The Hall–Kier alpha value is -3.99. The summed E-state index contributed by atoms with van der Waals surface area (Å²) >= 11 is 0. The third kappa shape index (κ3) is 2.89. The van der Waals surface area contributed by atoms with Gasteiger partial charge in [-0.3, -0.25) is 14.4 Å². The van der Waals surface area contributed by atoms with Gasteiger partial charge in [-0.25, -0.2) is 0 Å². The molecule has 1 aliphatic rings. The summed E-state index contributed by atoms with van der Waals surface area (Å²) in [6, 6.07) is 18.7. The van der Waals surface area contributed by atoms with E-state index in [2.05, 4.69) is 0 Å². The average Bonchev–Trinajstić information content (AvgIpc) is 3.16. The van der Waals surface area contributed by atoms with E-state index in [0.29, 0.717) is 28.2 Å². The lowest BCUT2D eigenvalue weighted by atomic mass is 9.83. The number of esters is 1. The fourth-order valence-corrected chi connectivity index (χ4v) is 4.21. The predicted octanol–water partition coefficient (Wildman–Crippen LogP) is 5.52. The topological polar surface area (TPSA) is 73.6 Å². The molecule has 0 fully saturated rings. The van der Waals surface area contributed by atoms with E-state index in [4.69, 9.17) is 9.15 Å². The minimum atomic E-state index is -0.649. The number of ether oxygens (including phenoxy) is 1. The van der Waals surface area contributed by atoms with Gasteiger partial charge in [0, 0.05) is 29.2 Å². The Balaban J connectivity index is 1.82. The summed E-state index contributed by atoms with van der Waals surface area (Å²) in [6.45, 7) is 3.11. The first-order valence-corrected chi connectivity index (χ1v) is 9.93. The van der Waals surface area contributed by atoms with Crippen LogP contribution >= 0.6 is 0 Å². The van der Waals surface area contributed by atoms with Crippen LogP contribution in [0.5, 0.6) is 0 Å². The highest BCUT2D eigenvalue weighted by molar-refractivity contribution is 6.55. The summed E-state index contributed by atoms with van der Waals surface area (Å²) in [4.78, 5) is 38.0. The second kappa shape index (κ2) is 7.06. The van der Waals surface area contributed by atoms with Crippen LogP contribution < -0.4 is 0 Å². The Morgan fingerprint density at radius 2 is 1.58 bits per heavy atom. The molecule has 5 rings (SSSR count). The van der Waals surface area contributed by atoms with Gasteiger partial charge in [-0.15, -0.1) is 0 Å². The van der Waals surface area contributed by atoms with Gasteiger partial charge in [0.25, 0.3) is 0 Å². The number of carbonyl (C=O) groups excluding carboxylic acids is 3. The zero-order valence-corrected chi connectivity index (χ0v) is 17.0. The number of hydrogen-bond donors (Lipinski definition) is 0. The number of carbonyl (C=O) groups is 3. The number of fused-ring (bicyclic) bond motifs is 5. The van der Waals surface area contributed by atoms with Crippen LogP contribution in [0, 0.1) is 6.92 Å². The van der Waals surface area contributed by atoms with E-state index in [1.54, 1.807) is 0 Å². The average molecular weight is 410 g/mol. The van der Waals surface area contributed by atoms with Crippen LogP contribution in [0.2, 0.25) is 0 Å². The summed E-state index contributed by atoms with van der Waals surface area (Å²) in [5, 5.41) is 1.64. The maximum absolute atomic E-state index is 13.3. The molecule has 4 aromatic rings. The largest absolute Gasteiger partial charge is 0.461 e. The first kappa shape index (κ1) is 19.0. The lowest BCUT2D eigenvalue weighted by Crippen LogP contribution is -2.22. The Morgan fingerprint density at radius 3 is 2.32 bits per heavy atom. The lowest BCUT2D eigenvalue weighted by Gasteiger charge is -2.17. The molecule has 0 unspecified atom stereocenters. The van der Waals surface area contributed by atoms with Gasteiger partial charge in [0.05, 0.1) is 5.56 Å². The zero-order valence-electron chi connectivity index (χ0n) is 17.0. The van der Waals surface area contributed by atoms with Crippen LogP contribution in [0.3, 0.4) is 0 Å². The summed E-state index contributed by atoms with van der Waals surface area (Å²) in [7, 11) is 0. The van der Waals surface area contributed by atoms with Crippen molar-refractivity contribution in [1.82, 2.24) is 0 Å². The maximum Gasteiger partial charge on any atom is 0.302 e. The van der Waals surface area contributed by atoms with Gasteiger partial charge in [0.15, 0.2) is 0 Å². The molecule has 0 saturated heterocycles. The molecule has 0 saturated carbocycles. The smallest absolute Gasteiger partial charge is 0.302 e. The number of ketones is 2. The number of benzene rings is 3. The Labute approximate surface area is 178 Å². The molecule has 31 heavy (non-hydrogen) atoms. The molecule has 5 nitrogen and oxygen atoms in total. The molecule has 0 aliphatic heterocycles. The van der Waals surface area contributed by atoms with Gasteiger partial charge < -0.3 is 9.15 Å². The molecule has 152 valence electrons. The van der Waals surface area contributed by atoms with Crippen molar-refractivity contribution in [1.29, 1.82) is 0 Å². The van der Waals surface area contributed by atoms with Gasteiger partial charge in [0.2, 0.25) is 11.6 Å². The number of aryl methyl sites for hydroxylation is 1. The Morgan fingerprint density at radius 1 is 0.839 bits per heavy atom. The third-order valence-corrected chi connectivity index (χ3v) is 5.65. The van der Waals surface area contributed by atoms with Crippen molar-refractivity contribution in [3.8, 4) is 22.6 Å². The molecule has 5 heteroatoms. The maximum atomic E-state index is 13.3. The zero-order chi connectivity index (χ0) is 21.7. The number of Topliss-reactive ketones (excluding diaryl/α,β-unsaturated/α-hetero) is 2. The van der Waals surface area contributed by atoms with Crippen molar-refractivity contribution < 1.29 is 23.5 Å². The van der Waals surface area contributed by atoms with Crippen molar-refractivity contribution >= 4 is 28.3 Å². The second-order valence-corrected chi connectivity index (χ2v) is 7.58. The van der Waals surface area contributed by atoms with Crippen molar-refractivity contribution in [2.24, 2.45) is 0 Å². The van der Waals surface area contributed by atoms with E-state index in [1.807, 2.05) is 67.6 Å². The van der Waals surface area contributed by atoms with E-state index in [9.17, 15) is 14.4 Å². The van der Waals surface area contributed by atoms with Crippen molar-refractivity contribution in [3.05, 3.63) is 82.9 Å². The molecule has 3 aromatic carbocycles. The van der Waals surface area contributed by atoms with Crippen LogP contribution in [0.4, 0.5) is 0 Å². The Kier molecular flexibility index (Phi) is 4.33. The fourth-order valence-electron chi connectivity index (χ4n) is 4.21. The molecular weight excluding hydrogens is 392 g/mol. The number of rotatable bonds is 3. The van der Waals surface area contributed by atoms with E-state index < -0.39 is 17.5 Å². The van der Waals surface area contributed by atoms with Gasteiger partial charge in [-0.1, -0.05) is 54.6 Å². The van der Waals surface area contributed by atoms with Crippen molar-refractivity contribution in [3.63, 3.8) is 0 Å². The second-order valence-electron chi connectivity index (χ2n) is 7.58. The minimum Gasteiger partial charge on any atom is -0.461 e. The lowest BCUT2D eigenvalue weighted by molar-refractivity contribution is -0.142. The molecule has 0 N–H and O–H groups in total. The molecule has 0 atom stereocenters. The highest BCUT2D eigenvalue weighted by Crippen LogP contribution is 2.44. The standard InChI is InChI=1S/C26H18O5/c1-14-7-6-10-18-17(14)11-12-19-21(18)23(28)24(29)22-20(13-30-15(2)27)25(31-26(19)22)16-8-4-3-5-9-16/h3-12H,13H2,1-2H3. The Bertz CT molecular complexity index is 1390. The van der Waals surface area contributed by atoms with Gasteiger partial charge >= 0.3 is 5.97 Å². The normalized spacial score (nSPS) is 12.6. The van der Waals surface area contributed by atoms with Gasteiger partial charge in [0.1, 0.15) is 18.1 Å². The number of hydrogen-bond acceptors (Lipinski definition) is 5. The van der Waals surface area contributed by atoms with E-state index in [-0.39, 0.29) is 12.2 Å². The van der Waals surface area contributed by atoms with Crippen LogP contribution in [-0.2, 0) is 16.1 Å². The molecule has 0 bridgehead atoms. The van der Waals surface area contributed by atoms with E-state index >= 15 is 0 Å². The highest BCUT2D eigenvalue weighted by Gasteiger charge is 2.39. The quantitative estimate of drug-likeness (QED) is 0.329. The highest BCUT2D eigenvalue weighted by atomic mass is 16.5. The molecule has 0 radical (unpaired) electrons. The first-order chi connectivity index (χ1) is 15.0. The van der Waals surface area contributed by atoms with Crippen molar-refractivity contribution in [2.75, 3.05) is 0 Å². The van der Waals surface area contributed by atoms with Crippen LogP contribution in [0.25, 0.3) is 33.4 Å². The summed E-state index contributed by atoms with van der Waals surface area (Å²) in [5.74, 6) is -0.951. The summed E-state index contributed by atoms with van der Waals surface area (Å²) < 4.78 is 11.4. The van der Waals surface area contributed by atoms with Crippen LogP contribution in [0.15, 0.2) is 65.1 Å². The number of furan rings is 1. The molecule has 1 heterocycles. The van der Waals surface area contributed by atoms with Gasteiger partial charge in [-0.05, 0) is 29.3 Å². The molecular formula is C26H18O5. The third-order valence-electron chi connectivity index (χ3n) is 5.65. The predicted molar refractivity (Wildman–Crippen MR) is 116 cm³/mol. The first-order valence-electron chi connectivity index (χ1n) is 9.93. The summed E-state index contributed by atoms with van der Waals surface area (Å²) in [5.41, 5.74) is 3.26. The fraction of sp³-hybridized carbons (Fsp3) is 0.115. The molecule has 1 aromatic heterocycles. The molecule has 1 aliphatic carbocycles. The van der Waals surface area contributed by atoms with E-state index in [0.717, 1.165) is 21.9 Å². The van der Waals surface area contributed by atoms with E-state index in [1.165, 1.54) is 6.92 Å². The summed E-state index contributed by atoms with van der Waals surface area (Å²) in [6.07, 6.45) is 0. The van der Waals surface area contributed by atoms with Crippen molar-refractivity contribution in [2.45, 2.75) is 20.5 Å². The van der Waals surface area contributed by atoms with Crippen LogP contribution in [-0.4, -0.2) is 17.5 Å². The SMILES string of the molecule is CC(=O)OCc1c(-c2ccccc2)oc2c1C(=O)C(=O)c1c-2ccc2c(C)cccc12. The minimum absolute atomic E-state index is 0.153. The monoisotopic (exact) mass is 410 g/mol.